The summed E-state index contributed by atoms with van der Waals surface area (Å²) in [5.41, 5.74) is 2.47. The topological polar surface area (TPSA) is 99.7 Å². The first-order chi connectivity index (χ1) is 18.4. The van der Waals surface area contributed by atoms with E-state index in [-0.39, 0.29) is 36.3 Å². The van der Waals surface area contributed by atoms with Gasteiger partial charge in [-0.05, 0) is 71.9 Å². The minimum absolute atomic E-state index is 0.00690. The lowest BCUT2D eigenvalue weighted by Crippen LogP contribution is -2.35. The molecule has 11 heteroatoms. The van der Waals surface area contributed by atoms with Crippen molar-refractivity contribution < 1.29 is 27.9 Å². The molecule has 1 unspecified atom stereocenters. The summed E-state index contributed by atoms with van der Waals surface area (Å²) in [5.74, 6) is -1.29. The van der Waals surface area contributed by atoms with Crippen molar-refractivity contribution in [1.29, 1.82) is 0 Å². The third-order valence-corrected chi connectivity index (χ3v) is 7.43. The average molecular weight is 585 g/mol. The first-order valence-corrected chi connectivity index (χ1v) is 13.1. The summed E-state index contributed by atoms with van der Waals surface area (Å²) < 4.78 is 33.2. The number of pyridine rings is 1. The van der Waals surface area contributed by atoms with Crippen LogP contribution in [-0.4, -0.2) is 52.5 Å². The Kier molecular flexibility index (Phi) is 7.57. The van der Waals surface area contributed by atoms with Crippen LogP contribution in [0.1, 0.15) is 42.3 Å². The monoisotopic (exact) mass is 584 g/mol. The van der Waals surface area contributed by atoms with Gasteiger partial charge in [-0.2, -0.15) is 9.49 Å². The fourth-order valence-electron chi connectivity index (χ4n) is 4.57. The molecule has 5 rings (SSSR count). The minimum atomic E-state index is -0.706. The molecule has 4 aromatic rings. The second-order valence-electron chi connectivity index (χ2n) is 8.94. The van der Waals surface area contributed by atoms with Gasteiger partial charge in [-0.15, -0.1) is 0 Å². The van der Waals surface area contributed by atoms with Crippen LogP contribution >= 0.6 is 15.9 Å². The van der Waals surface area contributed by atoms with Crippen LogP contribution in [0.2, 0.25) is 0 Å². The van der Waals surface area contributed by atoms with Crippen LogP contribution in [0.25, 0.3) is 22.1 Å². The predicted octanol–water partition coefficient (Wildman–Crippen LogP) is 5.89. The van der Waals surface area contributed by atoms with Gasteiger partial charge in [-0.25, -0.2) is 9.78 Å². The predicted molar refractivity (Wildman–Crippen MR) is 142 cm³/mol. The standard InChI is InChI=1S/C27H26BrFN4O5/c1-3-36-27(35)33(11-10-18-5-4-12-37-18)23-19-13-16(20-15-31-32(2)26(20)28)6-8-21(19)38-25(23)24(34)17-7-9-22(29)30-14-17/h6-9,13-15,18H,3-5,10-12H2,1-2H3. The molecular formula is C27H26BrFN4O5. The van der Waals surface area contributed by atoms with Crippen LogP contribution in [0.3, 0.4) is 0 Å². The van der Waals surface area contributed by atoms with Crippen molar-refractivity contribution in [2.75, 3.05) is 24.7 Å². The number of anilines is 1. The minimum Gasteiger partial charge on any atom is -0.450 e. The Morgan fingerprint density at radius 3 is 2.76 bits per heavy atom. The lowest BCUT2D eigenvalue weighted by molar-refractivity contribution is 0.101. The molecule has 0 N–H and O–H groups in total. The molecule has 1 aromatic carbocycles. The first-order valence-electron chi connectivity index (χ1n) is 12.3. The van der Waals surface area contributed by atoms with E-state index in [2.05, 4.69) is 26.0 Å². The molecule has 4 heterocycles. The van der Waals surface area contributed by atoms with Gasteiger partial charge in [0, 0.05) is 42.9 Å². The number of furan rings is 1. The smallest absolute Gasteiger partial charge is 0.414 e. The zero-order valence-corrected chi connectivity index (χ0v) is 22.5. The van der Waals surface area contributed by atoms with Crippen molar-refractivity contribution in [2.24, 2.45) is 7.05 Å². The van der Waals surface area contributed by atoms with E-state index in [4.69, 9.17) is 13.9 Å². The summed E-state index contributed by atoms with van der Waals surface area (Å²) in [6.07, 6.45) is 4.69. The molecule has 9 nitrogen and oxygen atoms in total. The van der Waals surface area contributed by atoms with Gasteiger partial charge in [0.1, 0.15) is 15.9 Å². The zero-order valence-electron chi connectivity index (χ0n) is 20.9. The highest BCUT2D eigenvalue weighted by Gasteiger charge is 2.31. The number of hydrogen-bond acceptors (Lipinski definition) is 7. The van der Waals surface area contributed by atoms with Crippen LogP contribution in [0.5, 0.6) is 0 Å². The van der Waals surface area contributed by atoms with E-state index in [1.165, 1.54) is 11.0 Å². The fraction of sp³-hybridized carbons (Fsp3) is 0.333. The number of rotatable bonds is 8. The van der Waals surface area contributed by atoms with Crippen LogP contribution in [0, 0.1) is 5.95 Å². The van der Waals surface area contributed by atoms with Gasteiger partial charge in [0.15, 0.2) is 5.76 Å². The summed E-state index contributed by atoms with van der Waals surface area (Å²) in [4.78, 5) is 32.0. The van der Waals surface area contributed by atoms with E-state index >= 15 is 0 Å². The van der Waals surface area contributed by atoms with Gasteiger partial charge < -0.3 is 13.9 Å². The number of amides is 1. The second-order valence-corrected chi connectivity index (χ2v) is 9.69. The Morgan fingerprint density at radius 2 is 2.11 bits per heavy atom. The maximum atomic E-state index is 13.6. The van der Waals surface area contributed by atoms with Crippen LogP contribution in [0.15, 0.2) is 51.7 Å². The Hall–Kier alpha value is -3.57. The molecule has 1 aliphatic heterocycles. The van der Waals surface area contributed by atoms with Crippen molar-refractivity contribution in [3.05, 3.63) is 64.6 Å². The van der Waals surface area contributed by atoms with Gasteiger partial charge in [0.05, 0.1) is 18.9 Å². The van der Waals surface area contributed by atoms with E-state index in [0.717, 1.165) is 40.8 Å². The number of benzene rings is 1. The quantitative estimate of drug-likeness (QED) is 0.188. The molecule has 1 fully saturated rings. The maximum absolute atomic E-state index is 13.6. The first kappa shape index (κ1) is 26.1. The number of carbonyl (C=O) groups is 2. The summed E-state index contributed by atoms with van der Waals surface area (Å²) in [6, 6.07) is 7.89. The van der Waals surface area contributed by atoms with E-state index in [0.29, 0.717) is 24.0 Å². The lowest BCUT2D eigenvalue weighted by Gasteiger charge is -2.23. The van der Waals surface area contributed by atoms with Crippen molar-refractivity contribution in [2.45, 2.75) is 32.3 Å². The average Bonchev–Trinajstić information content (AvgIpc) is 3.64. The normalized spacial score (nSPS) is 15.2. The number of aryl methyl sites for hydroxylation is 1. The SMILES string of the molecule is CCOC(=O)N(CCC1CCCO1)c1c(C(=O)c2ccc(F)nc2)oc2ccc(-c3cnn(C)c3Br)cc12. The highest BCUT2D eigenvalue weighted by Crippen LogP contribution is 2.39. The number of hydrogen-bond donors (Lipinski definition) is 0. The molecule has 1 atom stereocenters. The Morgan fingerprint density at radius 1 is 1.26 bits per heavy atom. The molecule has 198 valence electrons. The van der Waals surface area contributed by atoms with Crippen molar-refractivity contribution in [1.82, 2.24) is 14.8 Å². The number of carbonyl (C=O) groups excluding carboxylic acids is 2. The zero-order chi connectivity index (χ0) is 26.8. The molecule has 0 radical (unpaired) electrons. The van der Waals surface area contributed by atoms with Gasteiger partial charge >= 0.3 is 6.09 Å². The third-order valence-electron chi connectivity index (χ3n) is 6.49. The van der Waals surface area contributed by atoms with Crippen molar-refractivity contribution >= 4 is 44.5 Å². The number of aromatic nitrogens is 3. The van der Waals surface area contributed by atoms with E-state index in [1.54, 1.807) is 23.9 Å². The molecular weight excluding hydrogens is 559 g/mol. The lowest BCUT2D eigenvalue weighted by atomic mass is 10.0. The molecule has 0 spiro atoms. The van der Waals surface area contributed by atoms with E-state index in [1.807, 2.05) is 19.2 Å². The number of ketones is 1. The fourth-order valence-corrected chi connectivity index (χ4v) is 5.00. The Bertz CT molecular complexity index is 1480. The van der Waals surface area contributed by atoms with E-state index < -0.39 is 17.8 Å². The molecule has 1 aliphatic rings. The van der Waals surface area contributed by atoms with Gasteiger partial charge in [-0.3, -0.25) is 14.4 Å². The Labute approximate surface area is 226 Å². The molecule has 3 aromatic heterocycles. The summed E-state index contributed by atoms with van der Waals surface area (Å²) in [5, 5.41) is 4.85. The number of ether oxygens (including phenoxy) is 2. The molecule has 0 saturated carbocycles. The summed E-state index contributed by atoms with van der Waals surface area (Å²) in [6.45, 7) is 2.81. The second kappa shape index (κ2) is 11.0. The molecule has 1 amide bonds. The van der Waals surface area contributed by atoms with Crippen LogP contribution in [0.4, 0.5) is 14.9 Å². The Balaban J connectivity index is 1.67. The van der Waals surface area contributed by atoms with Gasteiger partial charge in [0.25, 0.3) is 0 Å². The number of fused-ring (bicyclic) bond motifs is 1. The highest BCUT2D eigenvalue weighted by atomic mass is 79.9. The largest absolute Gasteiger partial charge is 0.450 e. The van der Waals surface area contributed by atoms with Gasteiger partial charge in [-0.1, -0.05) is 6.07 Å². The molecule has 0 aliphatic carbocycles. The van der Waals surface area contributed by atoms with Gasteiger partial charge in [0.2, 0.25) is 11.7 Å². The van der Waals surface area contributed by atoms with Crippen molar-refractivity contribution in [3.8, 4) is 11.1 Å². The van der Waals surface area contributed by atoms with Crippen molar-refractivity contribution in [3.63, 3.8) is 0 Å². The maximum Gasteiger partial charge on any atom is 0.414 e. The van der Waals surface area contributed by atoms with Crippen LogP contribution < -0.4 is 4.90 Å². The molecule has 1 saturated heterocycles. The summed E-state index contributed by atoms with van der Waals surface area (Å²) in [7, 11) is 1.82. The number of halogens is 2. The third kappa shape index (κ3) is 5.08. The highest BCUT2D eigenvalue weighted by molar-refractivity contribution is 9.10. The number of nitrogens with zero attached hydrogens (tertiary/aromatic N) is 4. The molecule has 0 bridgehead atoms. The van der Waals surface area contributed by atoms with E-state index in [9.17, 15) is 14.0 Å². The summed E-state index contributed by atoms with van der Waals surface area (Å²) >= 11 is 3.56. The van der Waals surface area contributed by atoms with Crippen LogP contribution in [-0.2, 0) is 16.5 Å². The molecule has 38 heavy (non-hydrogen) atoms.